The van der Waals surface area contributed by atoms with Crippen LogP contribution in [0.15, 0.2) is 60.9 Å². The molecule has 0 spiro atoms. The van der Waals surface area contributed by atoms with Crippen molar-refractivity contribution in [2.75, 3.05) is 26.2 Å². The van der Waals surface area contributed by atoms with Crippen molar-refractivity contribution in [1.82, 2.24) is 30.4 Å². The average molecular weight is 376 g/mol. The Balaban J connectivity index is 1.22. The van der Waals surface area contributed by atoms with E-state index in [1.54, 1.807) is 16.8 Å². The molecule has 1 aliphatic heterocycles. The lowest BCUT2D eigenvalue weighted by Gasteiger charge is -2.16. The number of hydrogen-bond acceptors (Lipinski definition) is 5. The van der Waals surface area contributed by atoms with Gasteiger partial charge in [0, 0.05) is 25.2 Å². The first kappa shape index (κ1) is 18.3. The van der Waals surface area contributed by atoms with Gasteiger partial charge in [-0.05, 0) is 65.6 Å². The van der Waals surface area contributed by atoms with Crippen molar-refractivity contribution >= 4 is 5.91 Å². The van der Waals surface area contributed by atoms with Crippen molar-refractivity contribution < 1.29 is 4.79 Å². The zero-order valence-corrected chi connectivity index (χ0v) is 15.7. The third kappa shape index (κ3) is 4.61. The number of nitrogens with zero attached hydrogens (tertiary/aromatic N) is 5. The molecule has 28 heavy (non-hydrogen) atoms. The number of carbonyl (C=O) groups is 1. The first-order valence-electron chi connectivity index (χ1n) is 9.66. The Kier molecular flexibility index (Phi) is 5.72. The van der Waals surface area contributed by atoms with Gasteiger partial charge in [-0.3, -0.25) is 4.79 Å². The van der Waals surface area contributed by atoms with E-state index >= 15 is 0 Å². The van der Waals surface area contributed by atoms with E-state index in [9.17, 15) is 4.79 Å². The Labute approximate surface area is 164 Å². The van der Waals surface area contributed by atoms with Gasteiger partial charge in [-0.2, -0.15) is 0 Å². The molecule has 0 saturated carbocycles. The molecule has 1 fully saturated rings. The number of aromatic nitrogens is 4. The molecular formula is C21H24N6O. The molecular weight excluding hydrogens is 352 g/mol. The van der Waals surface area contributed by atoms with Crippen LogP contribution in [0, 0.1) is 5.92 Å². The monoisotopic (exact) mass is 376 g/mol. The summed E-state index contributed by atoms with van der Waals surface area (Å²) in [5.74, 6) is 0.478. The van der Waals surface area contributed by atoms with Crippen LogP contribution in [0.3, 0.4) is 0 Å². The van der Waals surface area contributed by atoms with Gasteiger partial charge in [0.25, 0.3) is 5.91 Å². The molecule has 1 atom stereocenters. The minimum Gasteiger partial charge on any atom is -0.352 e. The number of benzene rings is 2. The van der Waals surface area contributed by atoms with E-state index in [-0.39, 0.29) is 5.91 Å². The molecule has 0 bridgehead atoms. The van der Waals surface area contributed by atoms with E-state index in [4.69, 9.17) is 0 Å². The molecule has 1 aromatic heterocycles. The van der Waals surface area contributed by atoms with E-state index in [1.807, 2.05) is 12.1 Å². The number of tetrazole rings is 1. The van der Waals surface area contributed by atoms with E-state index in [2.05, 4.69) is 56.1 Å². The highest BCUT2D eigenvalue weighted by molar-refractivity contribution is 5.94. The van der Waals surface area contributed by atoms with Crippen LogP contribution >= 0.6 is 0 Å². The third-order valence-electron chi connectivity index (χ3n) is 5.22. The minimum atomic E-state index is -0.0361. The first-order valence-corrected chi connectivity index (χ1v) is 9.66. The maximum atomic E-state index is 12.4. The predicted molar refractivity (Wildman–Crippen MR) is 106 cm³/mol. The van der Waals surface area contributed by atoms with E-state index in [1.165, 1.54) is 11.9 Å². The van der Waals surface area contributed by atoms with Gasteiger partial charge in [-0.25, -0.2) is 4.68 Å². The average Bonchev–Trinajstić information content (AvgIpc) is 3.44. The molecule has 7 heteroatoms. The van der Waals surface area contributed by atoms with Crippen molar-refractivity contribution in [3.05, 3.63) is 72.1 Å². The van der Waals surface area contributed by atoms with Crippen LogP contribution in [0.25, 0.3) is 5.69 Å². The smallest absolute Gasteiger partial charge is 0.251 e. The fraction of sp³-hybridized carbons (Fsp3) is 0.333. The number of likely N-dealkylation sites (tertiary alicyclic amines) is 1. The number of carbonyl (C=O) groups excluding carboxylic acids is 1. The van der Waals surface area contributed by atoms with Crippen molar-refractivity contribution in [3.8, 4) is 5.69 Å². The number of nitrogens with one attached hydrogen (secondary N) is 1. The van der Waals surface area contributed by atoms with Crippen molar-refractivity contribution in [2.24, 2.45) is 5.92 Å². The lowest BCUT2D eigenvalue weighted by atomic mass is 10.1. The zero-order valence-electron chi connectivity index (χ0n) is 15.7. The van der Waals surface area contributed by atoms with Gasteiger partial charge in [0.05, 0.1) is 5.69 Å². The van der Waals surface area contributed by atoms with Gasteiger partial charge in [0.15, 0.2) is 0 Å². The third-order valence-corrected chi connectivity index (χ3v) is 5.22. The molecule has 2 aromatic carbocycles. The molecule has 1 unspecified atom stereocenters. The van der Waals surface area contributed by atoms with Crippen LogP contribution in [-0.2, 0) is 6.42 Å². The summed E-state index contributed by atoms with van der Waals surface area (Å²) in [6, 6.07) is 17.9. The van der Waals surface area contributed by atoms with Crippen molar-refractivity contribution in [3.63, 3.8) is 0 Å². The standard InChI is InChI=1S/C21H24N6O/c28-21(19-6-8-20(9-7-19)27-16-23-24-25-27)22-14-18-11-13-26(15-18)12-10-17-4-2-1-3-5-17/h1-9,16,18H,10-15H2,(H,22,28). The molecule has 7 nitrogen and oxygen atoms in total. The van der Waals surface area contributed by atoms with Crippen molar-refractivity contribution in [1.29, 1.82) is 0 Å². The molecule has 1 amide bonds. The summed E-state index contributed by atoms with van der Waals surface area (Å²) in [7, 11) is 0. The molecule has 1 saturated heterocycles. The van der Waals surface area contributed by atoms with Crippen LogP contribution in [0.4, 0.5) is 0 Å². The lowest BCUT2D eigenvalue weighted by Crippen LogP contribution is -2.31. The first-order chi connectivity index (χ1) is 13.8. The van der Waals surface area contributed by atoms with Crippen LogP contribution in [0.5, 0.6) is 0 Å². The topological polar surface area (TPSA) is 75.9 Å². The van der Waals surface area contributed by atoms with Crippen LogP contribution < -0.4 is 5.32 Å². The second-order valence-corrected chi connectivity index (χ2v) is 7.20. The van der Waals surface area contributed by atoms with Gasteiger partial charge < -0.3 is 10.2 Å². The molecule has 0 radical (unpaired) electrons. The highest BCUT2D eigenvalue weighted by Gasteiger charge is 2.22. The van der Waals surface area contributed by atoms with E-state index in [0.717, 1.165) is 44.7 Å². The fourth-order valence-electron chi connectivity index (χ4n) is 3.60. The Morgan fingerprint density at radius 3 is 2.68 bits per heavy atom. The highest BCUT2D eigenvalue weighted by Crippen LogP contribution is 2.16. The van der Waals surface area contributed by atoms with Gasteiger partial charge in [-0.15, -0.1) is 5.10 Å². The molecule has 1 aliphatic rings. The van der Waals surface area contributed by atoms with Gasteiger partial charge in [0.2, 0.25) is 0 Å². The van der Waals surface area contributed by atoms with Gasteiger partial charge >= 0.3 is 0 Å². The Morgan fingerprint density at radius 2 is 1.93 bits per heavy atom. The Morgan fingerprint density at radius 1 is 1.11 bits per heavy atom. The highest BCUT2D eigenvalue weighted by atomic mass is 16.1. The Hall–Kier alpha value is -3.06. The maximum absolute atomic E-state index is 12.4. The van der Waals surface area contributed by atoms with Gasteiger partial charge in [-0.1, -0.05) is 30.3 Å². The van der Waals surface area contributed by atoms with Crippen LogP contribution in [0.2, 0.25) is 0 Å². The number of amides is 1. The number of hydrogen-bond donors (Lipinski definition) is 1. The summed E-state index contributed by atoms with van der Waals surface area (Å²) < 4.78 is 1.56. The second-order valence-electron chi connectivity index (χ2n) is 7.20. The normalized spacial score (nSPS) is 16.9. The molecule has 1 N–H and O–H groups in total. The summed E-state index contributed by atoms with van der Waals surface area (Å²) in [5, 5.41) is 14.1. The lowest BCUT2D eigenvalue weighted by molar-refractivity contribution is 0.0947. The van der Waals surface area contributed by atoms with Crippen LogP contribution in [0.1, 0.15) is 22.3 Å². The minimum absolute atomic E-state index is 0.0361. The SMILES string of the molecule is O=C(NCC1CCN(CCc2ccccc2)C1)c1ccc(-n2cnnn2)cc1. The maximum Gasteiger partial charge on any atom is 0.251 e. The largest absolute Gasteiger partial charge is 0.352 e. The summed E-state index contributed by atoms with van der Waals surface area (Å²) in [5.41, 5.74) is 2.85. The molecule has 144 valence electrons. The molecule has 2 heterocycles. The summed E-state index contributed by atoms with van der Waals surface area (Å²) in [6.07, 6.45) is 3.74. The van der Waals surface area contributed by atoms with Crippen LogP contribution in [-0.4, -0.2) is 57.2 Å². The zero-order chi connectivity index (χ0) is 19.2. The van der Waals surface area contributed by atoms with Crippen molar-refractivity contribution in [2.45, 2.75) is 12.8 Å². The second kappa shape index (κ2) is 8.75. The van der Waals surface area contributed by atoms with E-state index in [0.29, 0.717) is 11.5 Å². The Bertz CT molecular complexity index is 879. The summed E-state index contributed by atoms with van der Waals surface area (Å²) in [4.78, 5) is 14.9. The molecule has 3 aromatic rings. The summed E-state index contributed by atoms with van der Waals surface area (Å²) >= 11 is 0. The molecule has 4 rings (SSSR count). The van der Waals surface area contributed by atoms with Gasteiger partial charge in [0.1, 0.15) is 6.33 Å². The quantitative estimate of drug-likeness (QED) is 0.682. The summed E-state index contributed by atoms with van der Waals surface area (Å²) in [6.45, 7) is 3.95. The predicted octanol–water partition coefficient (Wildman–Crippen LogP) is 1.96. The number of rotatable bonds is 7. The van der Waals surface area contributed by atoms with E-state index < -0.39 is 0 Å². The molecule has 0 aliphatic carbocycles. The fourth-order valence-corrected chi connectivity index (χ4v) is 3.60.